The lowest BCUT2D eigenvalue weighted by Gasteiger charge is -2.15. The molecule has 2 aromatic rings. The molecule has 1 aromatic carbocycles. The summed E-state index contributed by atoms with van der Waals surface area (Å²) in [5.74, 6) is -1.14. The highest BCUT2D eigenvalue weighted by Crippen LogP contribution is 2.31. The number of rotatable bonds is 4. The largest absolute Gasteiger partial charge is 0.404 e. The van der Waals surface area contributed by atoms with E-state index in [2.05, 4.69) is 31.7 Å². The second-order valence-electron chi connectivity index (χ2n) is 5.87. The number of allylic oxidation sites excluding steroid dienone is 2. The number of aryl methyl sites for hydroxylation is 1. The highest BCUT2D eigenvalue weighted by atomic mass is 79.9. The summed E-state index contributed by atoms with van der Waals surface area (Å²) in [4.78, 5) is 24.6. The molecule has 1 unspecified atom stereocenters. The third-order valence-electron chi connectivity index (χ3n) is 3.37. The summed E-state index contributed by atoms with van der Waals surface area (Å²) >= 11 is 20.1. The van der Waals surface area contributed by atoms with Crippen molar-refractivity contribution in [2.24, 2.45) is 12.8 Å². The number of carbonyl (C=O) groups is 2. The lowest BCUT2D eigenvalue weighted by atomic mass is 10.1. The van der Waals surface area contributed by atoms with Crippen molar-refractivity contribution in [1.29, 1.82) is 0 Å². The second kappa shape index (κ2) is 15.7. The van der Waals surface area contributed by atoms with Crippen LogP contribution in [-0.4, -0.2) is 32.9 Å². The van der Waals surface area contributed by atoms with Crippen molar-refractivity contribution >= 4 is 68.2 Å². The Bertz CT molecular complexity index is 944. The van der Waals surface area contributed by atoms with Crippen molar-refractivity contribution in [1.82, 2.24) is 15.1 Å². The molecule has 0 aliphatic heterocycles. The fourth-order valence-corrected chi connectivity index (χ4v) is 2.96. The minimum Gasteiger partial charge on any atom is -0.404 e. The minimum absolute atomic E-state index is 0.0305. The molecule has 2 rings (SSSR count). The Morgan fingerprint density at radius 2 is 1.78 bits per heavy atom. The molecule has 0 aliphatic carbocycles. The van der Waals surface area contributed by atoms with Gasteiger partial charge in [-0.15, -0.1) is 0 Å². The summed E-state index contributed by atoms with van der Waals surface area (Å²) in [7, 11) is 1.60. The summed E-state index contributed by atoms with van der Waals surface area (Å²) < 4.78 is 1.86. The van der Waals surface area contributed by atoms with Gasteiger partial charge in [-0.2, -0.15) is 5.10 Å². The monoisotopic (exact) mass is 567 g/mol. The van der Waals surface area contributed by atoms with Crippen molar-refractivity contribution < 1.29 is 14.7 Å². The first kappa shape index (κ1) is 30.0. The zero-order valence-electron chi connectivity index (χ0n) is 17.9. The zero-order valence-corrected chi connectivity index (χ0v) is 21.7. The van der Waals surface area contributed by atoms with Gasteiger partial charge in [-0.25, -0.2) is 0 Å². The summed E-state index contributed by atoms with van der Waals surface area (Å²) in [5, 5.41) is 18.5. The molecule has 176 valence electrons. The number of nitrogens with two attached hydrogens (primary N) is 1. The van der Waals surface area contributed by atoms with Gasteiger partial charge in [-0.1, -0.05) is 47.0 Å². The fourth-order valence-electron chi connectivity index (χ4n) is 1.97. The van der Waals surface area contributed by atoms with Crippen molar-refractivity contribution in [2.45, 2.75) is 27.0 Å². The Morgan fingerprint density at radius 1 is 1.22 bits per heavy atom. The maximum atomic E-state index is 12.4. The van der Waals surface area contributed by atoms with Crippen LogP contribution in [0.15, 0.2) is 46.7 Å². The fraction of sp³-hybridized carbons (Fsp3) is 0.250. The Morgan fingerprint density at radius 3 is 2.19 bits per heavy atom. The van der Waals surface area contributed by atoms with E-state index < -0.39 is 18.0 Å². The minimum atomic E-state index is -1.08. The van der Waals surface area contributed by atoms with E-state index >= 15 is 0 Å². The van der Waals surface area contributed by atoms with Crippen LogP contribution in [0, 0.1) is 0 Å². The van der Waals surface area contributed by atoms with E-state index in [1.165, 1.54) is 41.5 Å². The number of carbonyl (C=O) groups excluding carboxylic acids is 2. The highest BCUT2D eigenvalue weighted by molar-refractivity contribution is 9.10. The molecule has 0 bridgehead atoms. The molecule has 0 radical (unpaired) electrons. The van der Waals surface area contributed by atoms with Gasteiger partial charge in [-0.3, -0.25) is 14.3 Å². The van der Waals surface area contributed by atoms with Crippen molar-refractivity contribution in [2.75, 3.05) is 5.32 Å². The van der Waals surface area contributed by atoms with Crippen molar-refractivity contribution in [3.05, 3.63) is 68.0 Å². The first-order chi connectivity index (χ1) is 15.0. The van der Waals surface area contributed by atoms with Crippen LogP contribution in [0.5, 0.6) is 0 Å². The van der Waals surface area contributed by atoms with Gasteiger partial charge in [0.1, 0.15) is 16.5 Å². The van der Waals surface area contributed by atoms with Crippen molar-refractivity contribution in [3.8, 4) is 0 Å². The molecule has 0 fully saturated rings. The molecule has 0 spiro atoms. The average molecular weight is 570 g/mol. The number of aliphatic hydroxyl groups is 1. The van der Waals surface area contributed by atoms with E-state index in [9.17, 15) is 14.7 Å². The van der Waals surface area contributed by atoms with Gasteiger partial charge in [-0.05, 0) is 48.8 Å². The number of nitrogens with one attached hydrogen (secondary N) is 2. The zero-order chi connectivity index (χ0) is 24.8. The topological polar surface area (TPSA) is 122 Å². The lowest BCUT2D eigenvalue weighted by molar-refractivity contribution is 0.0819. The molecule has 2 amide bonds. The highest BCUT2D eigenvalue weighted by Gasteiger charge is 2.21. The first-order valence-corrected chi connectivity index (χ1v) is 11.0. The quantitative estimate of drug-likeness (QED) is 0.303. The lowest BCUT2D eigenvalue weighted by Crippen LogP contribution is -2.33. The van der Waals surface area contributed by atoms with Crippen LogP contribution in [0.25, 0.3) is 0 Å². The SMILES string of the molecule is C/C=C\C.CC(O)NC(=O)c1cc(Cl)cc(Cl)c1NC(=O)c1cc(Br)nn1C.N/C=C/Cl. The van der Waals surface area contributed by atoms with Crippen LogP contribution in [0.2, 0.25) is 10.0 Å². The number of anilines is 1. The molecule has 32 heavy (non-hydrogen) atoms. The Labute approximate surface area is 210 Å². The van der Waals surface area contributed by atoms with Crippen LogP contribution in [-0.2, 0) is 7.05 Å². The molecule has 0 aliphatic rings. The van der Waals surface area contributed by atoms with Crippen LogP contribution in [0.1, 0.15) is 41.6 Å². The maximum absolute atomic E-state index is 12.4. The summed E-state index contributed by atoms with van der Waals surface area (Å²) in [6.45, 7) is 5.38. The van der Waals surface area contributed by atoms with Crippen LogP contribution < -0.4 is 16.4 Å². The van der Waals surface area contributed by atoms with Gasteiger partial charge in [0.15, 0.2) is 0 Å². The number of benzene rings is 1. The molecule has 1 atom stereocenters. The number of halogens is 4. The van der Waals surface area contributed by atoms with E-state index in [1.54, 1.807) is 7.05 Å². The number of aromatic nitrogens is 2. The molecular weight excluding hydrogens is 545 g/mol. The number of hydrogen-bond acceptors (Lipinski definition) is 5. The Kier molecular flexibility index (Phi) is 14.7. The summed E-state index contributed by atoms with van der Waals surface area (Å²) in [6.07, 6.45) is 4.19. The van der Waals surface area contributed by atoms with Crippen LogP contribution in [0.4, 0.5) is 5.69 Å². The van der Waals surface area contributed by atoms with Gasteiger partial charge >= 0.3 is 0 Å². The predicted octanol–water partition coefficient (Wildman–Crippen LogP) is 5.05. The predicted molar refractivity (Wildman–Crippen MR) is 134 cm³/mol. The third-order valence-corrected chi connectivity index (χ3v) is 4.42. The smallest absolute Gasteiger partial charge is 0.274 e. The molecule has 1 aromatic heterocycles. The van der Waals surface area contributed by atoms with Gasteiger partial charge in [0.05, 0.1) is 16.3 Å². The van der Waals surface area contributed by atoms with E-state index in [1.807, 2.05) is 26.0 Å². The van der Waals surface area contributed by atoms with Gasteiger partial charge < -0.3 is 21.5 Å². The standard InChI is InChI=1S/C14H13BrCl2N4O3.C4H8.C2H4ClN/c1-6(22)18-13(23)8-3-7(16)4-9(17)12(8)19-14(24)10-5-11(15)20-21(10)2;1-3-4-2;3-1-2-4/h3-6,22H,1-2H3,(H,18,23)(H,19,24);3-4H,1-2H3;1-2H,4H2/b;4-3-;2-1+. The van der Waals surface area contributed by atoms with Gasteiger partial charge in [0.2, 0.25) is 0 Å². The van der Waals surface area contributed by atoms with E-state index in [0.29, 0.717) is 4.60 Å². The normalized spacial score (nSPS) is 11.3. The molecule has 1 heterocycles. The van der Waals surface area contributed by atoms with E-state index in [-0.39, 0.29) is 27.0 Å². The molecule has 0 saturated carbocycles. The Balaban J connectivity index is 0.00000104. The molecular formula is C20H25BrCl3N5O3. The third kappa shape index (κ3) is 10.5. The molecule has 12 heteroatoms. The molecule has 8 nitrogen and oxygen atoms in total. The first-order valence-electron chi connectivity index (χ1n) is 9.05. The van der Waals surface area contributed by atoms with Gasteiger partial charge in [0, 0.05) is 29.9 Å². The molecule has 0 saturated heterocycles. The maximum Gasteiger partial charge on any atom is 0.274 e. The summed E-state index contributed by atoms with van der Waals surface area (Å²) in [6, 6.07) is 4.27. The van der Waals surface area contributed by atoms with Crippen molar-refractivity contribution in [3.63, 3.8) is 0 Å². The average Bonchev–Trinajstić information content (AvgIpc) is 3.07. The molecule has 5 N–H and O–H groups in total. The van der Waals surface area contributed by atoms with E-state index in [0.717, 1.165) is 0 Å². The summed E-state index contributed by atoms with van der Waals surface area (Å²) in [5.41, 5.74) is 6.34. The number of aliphatic hydroxyl groups excluding tert-OH is 1. The number of nitrogens with zero attached hydrogens (tertiary/aromatic N) is 2. The van der Waals surface area contributed by atoms with Crippen LogP contribution in [0.3, 0.4) is 0 Å². The van der Waals surface area contributed by atoms with Crippen LogP contribution >= 0.6 is 50.7 Å². The van der Waals surface area contributed by atoms with Gasteiger partial charge in [0.25, 0.3) is 11.8 Å². The number of hydrogen-bond donors (Lipinski definition) is 4. The second-order valence-corrected chi connectivity index (χ2v) is 7.78. The Hall–Kier alpha value is -2.04. The number of amides is 2. The van der Waals surface area contributed by atoms with E-state index in [4.69, 9.17) is 40.5 Å².